The third-order valence-corrected chi connectivity index (χ3v) is 5.39. The van der Waals surface area contributed by atoms with Crippen LogP contribution in [-0.2, 0) is 13.6 Å². The standard InChI is InChI=1S/C18H40O3Si2/c1-22(2,3)20-17-15-13-11-9-7-8-10-12-14-16-18(19)21-23(4,5)6/h7-17H2,1-6H3. The van der Waals surface area contributed by atoms with Gasteiger partial charge >= 0.3 is 0 Å². The molecule has 0 bridgehead atoms. The van der Waals surface area contributed by atoms with Crippen molar-refractivity contribution >= 4 is 22.6 Å². The molecule has 0 rings (SSSR count). The number of hydrogen-bond acceptors (Lipinski definition) is 3. The average molecular weight is 361 g/mol. The summed E-state index contributed by atoms with van der Waals surface area (Å²) in [6, 6.07) is 0. The average Bonchev–Trinajstić information content (AvgIpc) is 2.36. The van der Waals surface area contributed by atoms with E-state index in [-0.39, 0.29) is 5.97 Å². The van der Waals surface area contributed by atoms with Gasteiger partial charge in [0.2, 0.25) is 8.32 Å². The molecule has 0 aromatic heterocycles. The van der Waals surface area contributed by atoms with E-state index in [0.717, 1.165) is 19.4 Å². The quantitative estimate of drug-likeness (QED) is 0.276. The first-order chi connectivity index (χ1) is 10.6. The SMILES string of the molecule is C[Si](C)(C)OCCCCCCCCCCCC(=O)O[Si](C)(C)C. The molecule has 0 aliphatic rings. The number of unbranched alkanes of at least 4 members (excludes halogenated alkanes) is 8. The van der Waals surface area contributed by atoms with Crippen LogP contribution in [-0.4, -0.2) is 29.2 Å². The van der Waals surface area contributed by atoms with Crippen LogP contribution in [0.3, 0.4) is 0 Å². The summed E-state index contributed by atoms with van der Waals surface area (Å²) in [6.45, 7) is 13.9. The normalized spacial score (nSPS) is 12.4. The van der Waals surface area contributed by atoms with Crippen molar-refractivity contribution in [3.63, 3.8) is 0 Å². The van der Waals surface area contributed by atoms with Crippen molar-refractivity contribution in [2.24, 2.45) is 0 Å². The molecule has 0 fully saturated rings. The highest BCUT2D eigenvalue weighted by Crippen LogP contribution is 2.13. The lowest BCUT2D eigenvalue weighted by Crippen LogP contribution is -2.28. The molecule has 0 aromatic rings. The van der Waals surface area contributed by atoms with E-state index in [0.29, 0.717) is 6.42 Å². The van der Waals surface area contributed by atoms with E-state index in [2.05, 4.69) is 39.3 Å². The summed E-state index contributed by atoms with van der Waals surface area (Å²) >= 11 is 0. The predicted octanol–water partition coefficient (Wildman–Crippen LogP) is 6.12. The molecule has 0 spiro atoms. The van der Waals surface area contributed by atoms with Gasteiger partial charge in [0.25, 0.3) is 5.97 Å². The van der Waals surface area contributed by atoms with Crippen molar-refractivity contribution in [1.82, 2.24) is 0 Å². The maximum atomic E-state index is 11.6. The lowest BCUT2D eigenvalue weighted by Gasteiger charge is -2.17. The van der Waals surface area contributed by atoms with Gasteiger partial charge in [-0.25, -0.2) is 0 Å². The Morgan fingerprint density at radius 1 is 0.652 bits per heavy atom. The van der Waals surface area contributed by atoms with Gasteiger partial charge in [0.1, 0.15) is 0 Å². The maximum absolute atomic E-state index is 11.6. The van der Waals surface area contributed by atoms with Gasteiger partial charge in [-0.15, -0.1) is 0 Å². The fourth-order valence-corrected chi connectivity index (χ4v) is 3.92. The monoisotopic (exact) mass is 360 g/mol. The Kier molecular flexibility index (Phi) is 12.2. The highest BCUT2D eigenvalue weighted by atomic mass is 28.4. The van der Waals surface area contributed by atoms with Crippen LogP contribution in [0, 0.1) is 0 Å². The first kappa shape index (κ1) is 22.9. The number of hydrogen-bond donors (Lipinski definition) is 0. The van der Waals surface area contributed by atoms with Gasteiger partial charge in [0.15, 0.2) is 8.32 Å². The maximum Gasteiger partial charge on any atom is 0.292 e. The molecular formula is C18H40O3Si2. The second-order valence-electron chi connectivity index (χ2n) is 8.48. The Morgan fingerprint density at radius 2 is 1.09 bits per heavy atom. The topological polar surface area (TPSA) is 35.5 Å². The van der Waals surface area contributed by atoms with E-state index in [1.54, 1.807) is 0 Å². The van der Waals surface area contributed by atoms with E-state index in [1.807, 2.05) is 0 Å². The molecule has 0 saturated carbocycles. The van der Waals surface area contributed by atoms with Crippen LogP contribution < -0.4 is 0 Å². The molecule has 5 heteroatoms. The van der Waals surface area contributed by atoms with Crippen LogP contribution in [0.25, 0.3) is 0 Å². The van der Waals surface area contributed by atoms with E-state index in [1.165, 1.54) is 44.9 Å². The zero-order chi connectivity index (χ0) is 17.8. The highest BCUT2D eigenvalue weighted by Gasteiger charge is 2.19. The van der Waals surface area contributed by atoms with Crippen molar-refractivity contribution in [3.8, 4) is 0 Å². The van der Waals surface area contributed by atoms with Crippen LogP contribution in [0.1, 0.15) is 64.2 Å². The van der Waals surface area contributed by atoms with Crippen LogP contribution >= 0.6 is 0 Å². The lowest BCUT2D eigenvalue weighted by molar-refractivity contribution is -0.135. The zero-order valence-electron chi connectivity index (χ0n) is 16.5. The summed E-state index contributed by atoms with van der Waals surface area (Å²) < 4.78 is 11.3. The Morgan fingerprint density at radius 3 is 1.52 bits per heavy atom. The van der Waals surface area contributed by atoms with Crippen molar-refractivity contribution < 1.29 is 13.6 Å². The van der Waals surface area contributed by atoms with Gasteiger partial charge < -0.3 is 8.85 Å². The van der Waals surface area contributed by atoms with Crippen molar-refractivity contribution in [1.29, 1.82) is 0 Å². The second-order valence-corrected chi connectivity index (χ2v) is 17.4. The fraction of sp³-hybridized carbons (Fsp3) is 0.944. The molecule has 0 unspecified atom stereocenters. The third-order valence-electron chi connectivity index (χ3n) is 3.48. The van der Waals surface area contributed by atoms with Crippen molar-refractivity contribution in [3.05, 3.63) is 0 Å². The fourth-order valence-electron chi connectivity index (χ4n) is 2.38. The Labute approximate surface area is 146 Å². The van der Waals surface area contributed by atoms with Gasteiger partial charge in [0, 0.05) is 13.0 Å². The first-order valence-electron chi connectivity index (χ1n) is 9.46. The Balaban J connectivity index is 3.24. The molecular weight excluding hydrogens is 320 g/mol. The van der Waals surface area contributed by atoms with Gasteiger partial charge in [-0.05, 0) is 52.1 Å². The van der Waals surface area contributed by atoms with Crippen LogP contribution in [0.4, 0.5) is 0 Å². The third kappa shape index (κ3) is 19.8. The molecule has 0 aromatic carbocycles. The molecule has 0 aliphatic carbocycles. The molecule has 23 heavy (non-hydrogen) atoms. The van der Waals surface area contributed by atoms with E-state index in [4.69, 9.17) is 8.85 Å². The zero-order valence-corrected chi connectivity index (χ0v) is 18.5. The van der Waals surface area contributed by atoms with Gasteiger partial charge in [-0.1, -0.05) is 44.9 Å². The summed E-state index contributed by atoms with van der Waals surface area (Å²) in [5.41, 5.74) is 0. The minimum atomic E-state index is -1.69. The first-order valence-corrected chi connectivity index (χ1v) is 16.3. The number of rotatable bonds is 14. The van der Waals surface area contributed by atoms with Gasteiger partial charge in [0.05, 0.1) is 0 Å². The minimum absolute atomic E-state index is 0.00436. The smallest absolute Gasteiger partial charge is 0.292 e. The lowest BCUT2D eigenvalue weighted by atomic mass is 10.1. The minimum Gasteiger partial charge on any atom is -0.520 e. The molecule has 0 heterocycles. The molecule has 0 saturated heterocycles. The summed E-state index contributed by atoms with van der Waals surface area (Å²) in [4.78, 5) is 11.6. The molecule has 138 valence electrons. The van der Waals surface area contributed by atoms with E-state index in [9.17, 15) is 4.79 Å². The highest BCUT2D eigenvalue weighted by molar-refractivity contribution is 6.71. The Bertz CT molecular complexity index is 306. The van der Waals surface area contributed by atoms with Crippen molar-refractivity contribution in [2.45, 2.75) is 103 Å². The Hall–Kier alpha value is -0.136. The molecule has 0 aliphatic heterocycles. The van der Waals surface area contributed by atoms with Crippen LogP contribution in [0.15, 0.2) is 0 Å². The molecule has 0 N–H and O–H groups in total. The molecule has 0 amide bonds. The van der Waals surface area contributed by atoms with Gasteiger partial charge in [-0.2, -0.15) is 0 Å². The second kappa shape index (κ2) is 12.3. The molecule has 0 radical (unpaired) electrons. The predicted molar refractivity (Wildman–Crippen MR) is 105 cm³/mol. The summed E-state index contributed by atoms with van der Waals surface area (Å²) in [5, 5.41) is 0. The summed E-state index contributed by atoms with van der Waals surface area (Å²) in [5.74, 6) is 0.00436. The van der Waals surface area contributed by atoms with E-state index >= 15 is 0 Å². The van der Waals surface area contributed by atoms with Crippen LogP contribution in [0.5, 0.6) is 0 Å². The molecule has 3 nitrogen and oxygen atoms in total. The summed E-state index contributed by atoms with van der Waals surface area (Å²) in [7, 11) is -2.99. The van der Waals surface area contributed by atoms with Crippen molar-refractivity contribution in [2.75, 3.05) is 6.61 Å². The molecule has 0 atom stereocenters. The van der Waals surface area contributed by atoms with Gasteiger partial charge in [-0.3, -0.25) is 4.79 Å². The largest absolute Gasteiger partial charge is 0.520 e. The number of carbonyl (C=O) groups is 1. The number of carbonyl (C=O) groups excluding carboxylic acids is 1. The van der Waals surface area contributed by atoms with E-state index < -0.39 is 16.6 Å². The summed E-state index contributed by atoms with van der Waals surface area (Å²) in [6.07, 6.45) is 11.8. The van der Waals surface area contributed by atoms with Crippen LogP contribution in [0.2, 0.25) is 39.3 Å².